The molecular formula is C10H17Br. The standard InChI is InChI=1S/C10H17Br/c1-9(2)6-7-10(3)5-4-8-11/h5H,1,4,6-8H2,2-3H3/b10-5+. The minimum atomic E-state index is 1.07. The van der Waals surface area contributed by atoms with E-state index in [9.17, 15) is 0 Å². The van der Waals surface area contributed by atoms with E-state index in [0.29, 0.717) is 0 Å². The Morgan fingerprint density at radius 2 is 2.00 bits per heavy atom. The highest BCUT2D eigenvalue weighted by Gasteiger charge is 1.89. The van der Waals surface area contributed by atoms with Gasteiger partial charge in [0.25, 0.3) is 0 Å². The van der Waals surface area contributed by atoms with Crippen molar-refractivity contribution in [2.45, 2.75) is 33.1 Å². The van der Waals surface area contributed by atoms with Crippen molar-refractivity contribution in [2.24, 2.45) is 0 Å². The van der Waals surface area contributed by atoms with Crippen LogP contribution in [0.1, 0.15) is 33.1 Å². The molecule has 0 aromatic rings. The molecule has 0 aromatic heterocycles. The van der Waals surface area contributed by atoms with Crippen LogP contribution >= 0.6 is 15.9 Å². The SMILES string of the molecule is C=C(C)CC/C(C)=C/CCBr. The van der Waals surface area contributed by atoms with Gasteiger partial charge in [-0.25, -0.2) is 0 Å². The second-order valence-corrected chi connectivity index (χ2v) is 3.78. The molecule has 64 valence electrons. The van der Waals surface area contributed by atoms with E-state index in [4.69, 9.17) is 0 Å². The van der Waals surface area contributed by atoms with Crippen molar-refractivity contribution in [3.63, 3.8) is 0 Å². The second kappa shape index (κ2) is 6.66. The molecule has 0 saturated carbocycles. The Hall–Kier alpha value is -0.0400. The van der Waals surface area contributed by atoms with Crippen molar-refractivity contribution in [2.75, 3.05) is 5.33 Å². The third kappa shape index (κ3) is 7.86. The number of hydrogen-bond acceptors (Lipinski definition) is 0. The summed E-state index contributed by atoms with van der Waals surface area (Å²) in [5.74, 6) is 0. The summed E-state index contributed by atoms with van der Waals surface area (Å²) in [6.45, 7) is 8.14. The van der Waals surface area contributed by atoms with Gasteiger partial charge >= 0.3 is 0 Å². The van der Waals surface area contributed by atoms with Crippen LogP contribution < -0.4 is 0 Å². The average Bonchev–Trinajstić information content (AvgIpc) is 1.97. The van der Waals surface area contributed by atoms with Gasteiger partial charge < -0.3 is 0 Å². The lowest BCUT2D eigenvalue weighted by molar-refractivity contribution is 0.919. The second-order valence-electron chi connectivity index (χ2n) is 2.99. The van der Waals surface area contributed by atoms with E-state index < -0.39 is 0 Å². The number of allylic oxidation sites excluding steroid dienone is 3. The number of halogens is 1. The molecule has 0 saturated heterocycles. The zero-order chi connectivity index (χ0) is 8.69. The summed E-state index contributed by atoms with van der Waals surface area (Å²) in [4.78, 5) is 0. The molecule has 0 unspecified atom stereocenters. The van der Waals surface area contributed by atoms with Gasteiger partial charge in [0, 0.05) is 5.33 Å². The van der Waals surface area contributed by atoms with E-state index in [2.05, 4.69) is 42.4 Å². The first-order chi connectivity index (χ1) is 5.16. The van der Waals surface area contributed by atoms with E-state index in [0.717, 1.165) is 18.2 Å². The molecule has 0 spiro atoms. The zero-order valence-electron chi connectivity index (χ0n) is 7.49. The predicted molar refractivity (Wildman–Crippen MR) is 56.2 cm³/mol. The molecule has 1 heteroatoms. The predicted octanol–water partition coefficient (Wildman–Crippen LogP) is 4.07. The Labute approximate surface area is 78.5 Å². The van der Waals surface area contributed by atoms with Crippen molar-refractivity contribution < 1.29 is 0 Å². The fourth-order valence-corrected chi connectivity index (χ4v) is 1.04. The molecule has 0 aliphatic carbocycles. The van der Waals surface area contributed by atoms with E-state index in [1.165, 1.54) is 17.6 Å². The lowest BCUT2D eigenvalue weighted by Gasteiger charge is -1.99. The van der Waals surface area contributed by atoms with Crippen molar-refractivity contribution in [3.05, 3.63) is 23.8 Å². The average molecular weight is 217 g/mol. The molecule has 0 rings (SSSR count). The summed E-state index contributed by atoms with van der Waals surface area (Å²) in [7, 11) is 0. The van der Waals surface area contributed by atoms with Gasteiger partial charge in [0.15, 0.2) is 0 Å². The first-order valence-corrected chi connectivity index (χ1v) is 5.15. The molecule has 0 nitrogen and oxygen atoms in total. The number of hydrogen-bond donors (Lipinski definition) is 0. The van der Waals surface area contributed by atoms with Crippen LogP contribution in [0.5, 0.6) is 0 Å². The molecule has 11 heavy (non-hydrogen) atoms. The van der Waals surface area contributed by atoms with Gasteiger partial charge in [-0.3, -0.25) is 0 Å². The van der Waals surface area contributed by atoms with Crippen molar-refractivity contribution in [1.82, 2.24) is 0 Å². The van der Waals surface area contributed by atoms with E-state index >= 15 is 0 Å². The molecule has 0 fully saturated rings. The maximum atomic E-state index is 3.87. The monoisotopic (exact) mass is 216 g/mol. The third-order valence-corrected chi connectivity index (χ3v) is 2.01. The first kappa shape index (κ1) is 11.0. The highest BCUT2D eigenvalue weighted by atomic mass is 79.9. The fourth-order valence-electron chi connectivity index (χ4n) is 0.814. The minimum Gasteiger partial charge on any atom is -0.100 e. The Balaban J connectivity index is 3.50. The molecule has 0 aliphatic rings. The smallest absolute Gasteiger partial charge is 0.00660 e. The Morgan fingerprint density at radius 3 is 2.45 bits per heavy atom. The molecule has 0 bridgehead atoms. The van der Waals surface area contributed by atoms with Gasteiger partial charge in [-0.1, -0.05) is 33.2 Å². The van der Waals surface area contributed by atoms with Gasteiger partial charge in [0.05, 0.1) is 0 Å². The number of alkyl halides is 1. The Kier molecular flexibility index (Phi) is 6.63. The molecule has 0 amide bonds. The molecular weight excluding hydrogens is 200 g/mol. The lowest BCUT2D eigenvalue weighted by Crippen LogP contribution is -1.80. The van der Waals surface area contributed by atoms with Crippen LogP contribution in [0.2, 0.25) is 0 Å². The normalized spacial score (nSPS) is 11.7. The van der Waals surface area contributed by atoms with Crippen LogP contribution in [0.3, 0.4) is 0 Å². The lowest BCUT2D eigenvalue weighted by atomic mass is 10.1. The van der Waals surface area contributed by atoms with Crippen LogP contribution in [-0.4, -0.2) is 5.33 Å². The number of rotatable bonds is 5. The van der Waals surface area contributed by atoms with Gasteiger partial charge in [0.2, 0.25) is 0 Å². The summed E-state index contributed by atoms with van der Waals surface area (Å²) < 4.78 is 0. The summed E-state index contributed by atoms with van der Waals surface area (Å²) in [5, 5.41) is 1.07. The largest absolute Gasteiger partial charge is 0.100 e. The maximum Gasteiger partial charge on any atom is 0.00660 e. The summed E-state index contributed by atoms with van der Waals surface area (Å²) in [6, 6.07) is 0. The highest BCUT2D eigenvalue weighted by Crippen LogP contribution is 2.09. The quantitative estimate of drug-likeness (QED) is 0.481. The van der Waals surface area contributed by atoms with Gasteiger partial charge in [-0.2, -0.15) is 0 Å². The van der Waals surface area contributed by atoms with E-state index in [1.807, 2.05) is 0 Å². The summed E-state index contributed by atoms with van der Waals surface area (Å²) in [6.07, 6.45) is 5.73. The van der Waals surface area contributed by atoms with Crippen LogP contribution in [0.25, 0.3) is 0 Å². The molecule has 0 N–H and O–H groups in total. The summed E-state index contributed by atoms with van der Waals surface area (Å²) in [5.41, 5.74) is 2.75. The van der Waals surface area contributed by atoms with Gasteiger partial charge in [-0.15, -0.1) is 6.58 Å². The Bertz CT molecular complexity index is 145. The topological polar surface area (TPSA) is 0 Å². The van der Waals surface area contributed by atoms with Crippen LogP contribution in [0.15, 0.2) is 23.8 Å². The molecule has 0 atom stereocenters. The first-order valence-electron chi connectivity index (χ1n) is 4.02. The van der Waals surface area contributed by atoms with Crippen molar-refractivity contribution in [1.29, 1.82) is 0 Å². The molecule has 0 heterocycles. The maximum absolute atomic E-state index is 3.87. The minimum absolute atomic E-state index is 1.07. The van der Waals surface area contributed by atoms with Gasteiger partial charge in [0.1, 0.15) is 0 Å². The van der Waals surface area contributed by atoms with Crippen LogP contribution in [-0.2, 0) is 0 Å². The van der Waals surface area contributed by atoms with E-state index in [1.54, 1.807) is 0 Å². The van der Waals surface area contributed by atoms with Gasteiger partial charge in [-0.05, 0) is 33.1 Å². The van der Waals surface area contributed by atoms with Crippen LogP contribution in [0.4, 0.5) is 0 Å². The zero-order valence-corrected chi connectivity index (χ0v) is 9.08. The summed E-state index contributed by atoms with van der Waals surface area (Å²) >= 11 is 3.40. The van der Waals surface area contributed by atoms with Crippen molar-refractivity contribution >= 4 is 15.9 Å². The molecule has 0 radical (unpaired) electrons. The third-order valence-electron chi connectivity index (χ3n) is 1.55. The molecule has 0 aromatic carbocycles. The Morgan fingerprint density at radius 1 is 1.36 bits per heavy atom. The van der Waals surface area contributed by atoms with Crippen LogP contribution in [0, 0.1) is 0 Å². The van der Waals surface area contributed by atoms with Crippen molar-refractivity contribution in [3.8, 4) is 0 Å². The fraction of sp³-hybridized carbons (Fsp3) is 0.600. The molecule has 0 aliphatic heterocycles. The van der Waals surface area contributed by atoms with E-state index in [-0.39, 0.29) is 0 Å². The highest BCUT2D eigenvalue weighted by molar-refractivity contribution is 9.09.